The summed E-state index contributed by atoms with van der Waals surface area (Å²) in [6, 6.07) is 6.46. The van der Waals surface area contributed by atoms with Gasteiger partial charge in [0, 0.05) is 12.6 Å². The van der Waals surface area contributed by atoms with E-state index in [4.69, 9.17) is 4.74 Å². The van der Waals surface area contributed by atoms with E-state index >= 15 is 0 Å². The highest BCUT2D eigenvalue weighted by molar-refractivity contribution is 5.75. The maximum absolute atomic E-state index is 11.3. The Labute approximate surface area is 115 Å². The molecule has 106 valence electrons. The Morgan fingerprint density at radius 2 is 2.16 bits per heavy atom. The zero-order chi connectivity index (χ0) is 14.3. The first kappa shape index (κ1) is 15.5. The summed E-state index contributed by atoms with van der Waals surface area (Å²) in [5.74, 6) is 0.872. The van der Waals surface area contributed by atoms with Gasteiger partial charge in [-0.15, -0.1) is 0 Å². The predicted molar refractivity (Wildman–Crippen MR) is 77.4 cm³/mol. The summed E-state index contributed by atoms with van der Waals surface area (Å²) in [6.07, 6.45) is 0.391. The van der Waals surface area contributed by atoms with E-state index in [0.717, 1.165) is 11.3 Å². The summed E-state index contributed by atoms with van der Waals surface area (Å²) in [5.41, 5.74) is 2.33. The van der Waals surface area contributed by atoms with E-state index in [1.54, 1.807) is 0 Å². The van der Waals surface area contributed by atoms with Crippen LogP contribution in [0.25, 0.3) is 0 Å². The van der Waals surface area contributed by atoms with Crippen molar-refractivity contribution >= 4 is 5.91 Å². The Kier molecular flexibility index (Phi) is 6.36. The normalized spacial score (nSPS) is 12.0. The summed E-state index contributed by atoms with van der Waals surface area (Å²) >= 11 is 0. The Morgan fingerprint density at radius 1 is 1.42 bits per heavy atom. The highest BCUT2D eigenvalue weighted by Gasteiger charge is 2.07. The van der Waals surface area contributed by atoms with Gasteiger partial charge in [-0.2, -0.15) is 0 Å². The number of ether oxygens (including phenoxy) is 1. The molecule has 19 heavy (non-hydrogen) atoms. The van der Waals surface area contributed by atoms with Crippen LogP contribution in [0.15, 0.2) is 18.2 Å². The van der Waals surface area contributed by atoms with Gasteiger partial charge < -0.3 is 15.4 Å². The van der Waals surface area contributed by atoms with Crippen LogP contribution in [0.3, 0.4) is 0 Å². The van der Waals surface area contributed by atoms with Gasteiger partial charge in [0.2, 0.25) is 5.91 Å². The second kappa shape index (κ2) is 7.79. The number of nitrogens with one attached hydrogen (secondary N) is 2. The molecule has 0 radical (unpaired) electrons. The number of carbonyl (C=O) groups is 1. The summed E-state index contributed by atoms with van der Waals surface area (Å²) < 4.78 is 5.64. The highest BCUT2D eigenvalue weighted by Crippen LogP contribution is 2.22. The van der Waals surface area contributed by atoms with Crippen molar-refractivity contribution in [2.75, 3.05) is 20.2 Å². The van der Waals surface area contributed by atoms with Crippen LogP contribution < -0.4 is 15.4 Å². The van der Waals surface area contributed by atoms with Gasteiger partial charge >= 0.3 is 0 Å². The molecule has 1 rings (SSSR count). The molecule has 0 saturated carbocycles. The molecule has 1 unspecified atom stereocenters. The van der Waals surface area contributed by atoms with Gasteiger partial charge in [-0.05, 0) is 45.0 Å². The van der Waals surface area contributed by atoms with E-state index in [0.29, 0.717) is 25.6 Å². The Bertz CT molecular complexity index is 419. The minimum atomic E-state index is 0.0283. The van der Waals surface area contributed by atoms with Gasteiger partial charge in [-0.25, -0.2) is 0 Å². The lowest BCUT2D eigenvalue weighted by Crippen LogP contribution is -2.24. The lowest BCUT2D eigenvalue weighted by atomic mass is 10.1. The number of carbonyl (C=O) groups excluding carboxylic acids is 1. The zero-order valence-electron chi connectivity index (χ0n) is 12.2. The predicted octanol–water partition coefficient (Wildman–Crippen LogP) is 2.18. The third-order valence-corrected chi connectivity index (χ3v) is 3.09. The van der Waals surface area contributed by atoms with E-state index in [1.807, 2.05) is 27.0 Å². The van der Waals surface area contributed by atoms with E-state index < -0.39 is 0 Å². The molecule has 1 aromatic carbocycles. The van der Waals surface area contributed by atoms with Crippen LogP contribution in [-0.4, -0.2) is 26.1 Å². The first-order valence-corrected chi connectivity index (χ1v) is 6.75. The highest BCUT2D eigenvalue weighted by atomic mass is 16.5. The number of aryl methyl sites for hydroxylation is 1. The number of hydrogen-bond acceptors (Lipinski definition) is 3. The molecular weight excluding hydrogens is 240 g/mol. The molecule has 0 heterocycles. The molecule has 0 aromatic heterocycles. The van der Waals surface area contributed by atoms with Crippen LogP contribution in [0.1, 0.15) is 37.4 Å². The zero-order valence-corrected chi connectivity index (χ0v) is 12.2. The van der Waals surface area contributed by atoms with Gasteiger partial charge in [-0.3, -0.25) is 4.79 Å². The molecule has 0 fully saturated rings. The van der Waals surface area contributed by atoms with Crippen molar-refractivity contribution in [2.24, 2.45) is 0 Å². The van der Waals surface area contributed by atoms with Crippen molar-refractivity contribution in [1.82, 2.24) is 10.6 Å². The Hall–Kier alpha value is -1.55. The summed E-state index contributed by atoms with van der Waals surface area (Å²) in [5, 5.41) is 5.96. The molecular formula is C15H24N2O2. The average molecular weight is 264 g/mol. The van der Waals surface area contributed by atoms with Gasteiger partial charge in [0.05, 0.1) is 13.0 Å². The molecule has 1 amide bonds. The molecule has 2 N–H and O–H groups in total. The molecule has 0 spiro atoms. The fourth-order valence-electron chi connectivity index (χ4n) is 1.81. The average Bonchev–Trinajstić information content (AvgIpc) is 2.40. The Morgan fingerprint density at radius 3 is 2.74 bits per heavy atom. The molecule has 4 nitrogen and oxygen atoms in total. The SMILES string of the molecule is CCNC(=O)CCOc1ccc(C(C)NC)cc1C. The van der Waals surface area contributed by atoms with Crippen LogP contribution >= 0.6 is 0 Å². The molecule has 4 heteroatoms. The van der Waals surface area contributed by atoms with Crippen molar-refractivity contribution in [3.63, 3.8) is 0 Å². The lowest BCUT2D eigenvalue weighted by Gasteiger charge is -2.14. The lowest BCUT2D eigenvalue weighted by molar-refractivity contribution is -0.121. The van der Waals surface area contributed by atoms with E-state index in [2.05, 4.69) is 29.7 Å². The minimum Gasteiger partial charge on any atom is -0.493 e. The van der Waals surface area contributed by atoms with Crippen LogP contribution in [0.5, 0.6) is 5.75 Å². The number of amides is 1. The molecule has 0 bridgehead atoms. The summed E-state index contributed by atoms with van der Waals surface area (Å²) in [7, 11) is 1.94. The van der Waals surface area contributed by atoms with Gasteiger partial charge in [0.25, 0.3) is 0 Å². The Balaban J connectivity index is 2.53. The van der Waals surface area contributed by atoms with Crippen molar-refractivity contribution in [3.8, 4) is 5.75 Å². The molecule has 0 aliphatic heterocycles. The van der Waals surface area contributed by atoms with Crippen molar-refractivity contribution in [3.05, 3.63) is 29.3 Å². The topological polar surface area (TPSA) is 50.4 Å². The first-order valence-electron chi connectivity index (χ1n) is 6.75. The van der Waals surface area contributed by atoms with Gasteiger partial charge in [0.1, 0.15) is 5.75 Å². The second-order valence-corrected chi connectivity index (χ2v) is 4.59. The third-order valence-electron chi connectivity index (χ3n) is 3.09. The quantitative estimate of drug-likeness (QED) is 0.793. The van der Waals surface area contributed by atoms with E-state index in [1.165, 1.54) is 5.56 Å². The minimum absolute atomic E-state index is 0.0283. The van der Waals surface area contributed by atoms with Crippen molar-refractivity contribution in [1.29, 1.82) is 0 Å². The van der Waals surface area contributed by atoms with Crippen molar-refractivity contribution < 1.29 is 9.53 Å². The number of hydrogen-bond donors (Lipinski definition) is 2. The smallest absolute Gasteiger partial charge is 0.223 e. The standard InChI is InChI=1S/C15H24N2O2/c1-5-17-15(18)8-9-19-14-7-6-13(10-11(14)2)12(3)16-4/h6-7,10,12,16H,5,8-9H2,1-4H3,(H,17,18). The van der Waals surface area contributed by atoms with E-state index in [9.17, 15) is 4.79 Å². The summed E-state index contributed by atoms with van der Waals surface area (Å²) in [6.45, 7) is 7.12. The molecule has 1 aromatic rings. The molecule has 0 aliphatic rings. The fraction of sp³-hybridized carbons (Fsp3) is 0.533. The van der Waals surface area contributed by atoms with Gasteiger partial charge in [0.15, 0.2) is 0 Å². The third kappa shape index (κ3) is 4.91. The number of rotatable bonds is 7. The molecule has 0 saturated heterocycles. The first-order chi connectivity index (χ1) is 9.08. The van der Waals surface area contributed by atoms with Crippen molar-refractivity contribution in [2.45, 2.75) is 33.2 Å². The van der Waals surface area contributed by atoms with Crippen LogP contribution in [0.2, 0.25) is 0 Å². The van der Waals surface area contributed by atoms with Gasteiger partial charge in [-0.1, -0.05) is 12.1 Å². The van der Waals surface area contributed by atoms with E-state index in [-0.39, 0.29) is 5.91 Å². The monoisotopic (exact) mass is 264 g/mol. The maximum Gasteiger partial charge on any atom is 0.223 e. The molecule has 0 aliphatic carbocycles. The molecule has 1 atom stereocenters. The second-order valence-electron chi connectivity index (χ2n) is 4.59. The van der Waals surface area contributed by atoms with Crippen LogP contribution in [0.4, 0.5) is 0 Å². The van der Waals surface area contributed by atoms with Crippen LogP contribution in [-0.2, 0) is 4.79 Å². The number of benzene rings is 1. The largest absolute Gasteiger partial charge is 0.493 e. The summed E-state index contributed by atoms with van der Waals surface area (Å²) in [4.78, 5) is 11.3. The fourth-order valence-corrected chi connectivity index (χ4v) is 1.81. The maximum atomic E-state index is 11.3. The van der Waals surface area contributed by atoms with Crippen LogP contribution in [0, 0.1) is 6.92 Å².